The lowest BCUT2D eigenvalue weighted by Crippen LogP contribution is -2.27. The van der Waals surface area contributed by atoms with Gasteiger partial charge < -0.3 is 10.6 Å². The van der Waals surface area contributed by atoms with Crippen molar-refractivity contribution < 1.29 is 4.79 Å². The molecule has 0 fully saturated rings. The van der Waals surface area contributed by atoms with Gasteiger partial charge in [-0.15, -0.1) is 11.3 Å². The number of thiophene rings is 1. The van der Waals surface area contributed by atoms with E-state index in [0.717, 1.165) is 18.5 Å². The largest absolute Gasteiger partial charge is 0.355 e. The Balaban J connectivity index is 1.94. The SMILES string of the molecule is CNC(=O)c1cccc(CCN[C@H](c2cccs2)C(C)C)c1. The molecule has 1 aromatic heterocycles. The number of hydrogen-bond donors (Lipinski definition) is 2. The fourth-order valence-electron chi connectivity index (χ4n) is 2.52. The highest BCUT2D eigenvalue weighted by atomic mass is 32.1. The zero-order valence-corrected chi connectivity index (χ0v) is 14.2. The third-order valence-electron chi connectivity index (χ3n) is 3.71. The van der Waals surface area contributed by atoms with Crippen LogP contribution >= 0.6 is 11.3 Å². The van der Waals surface area contributed by atoms with E-state index in [4.69, 9.17) is 0 Å². The minimum atomic E-state index is -0.0338. The van der Waals surface area contributed by atoms with E-state index in [9.17, 15) is 4.79 Å². The van der Waals surface area contributed by atoms with Crippen LogP contribution in [0.5, 0.6) is 0 Å². The predicted molar refractivity (Wildman–Crippen MR) is 93.4 cm³/mol. The molecule has 0 saturated carbocycles. The molecule has 0 aliphatic rings. The summed E-state index contributed by atoms with van der Waals surface area (Å²) in [6.07, 6.45) is 0.916. The molecule has 1 amide bonds. The zero-order valence-electron chi connectivity index (χ0n) is 13.4. The summed E-state index contributed by atoms with van der Waals surface area (Å²) in [6, 6.07) is 12.5. The molecular formula is C18H24N2OS. The number of rotatable bonds is 7. The summed E-state index contributed by atoms with van der Waals surface area (Å²) in [4.78, 5) is 13.1. The first-order valence-corrected chi connectivity index (χ1v) is 8.57. The Bertz CT molecular complexity index is 593. The van der Waals surface area contributed by atoms with Crippen LogP contribution in [0.15, 0.2) is 41.8 Å². The van der Waals surface area contributed by atoms with Crippen molar-refractivity contribution in [3.05, 3.63) is 57.8 Å². The molecule has 1 atom stereocenters. The van der Waals surface area contributed by atoms with Crippen molar-refractivity contribution in [2.24, 2.45) is 5.92 Å². The van der Waals surface area contributed by atoms with Gasteiger partial charge in [0.1, 0.15) is 0 Å². The van der Waals surface area contributed by atoms with E-state index in [0.29, 0.717) is 12.0 Å². The summed E-state index contributed by atoms with van der Waals surface area (Å²) in [7, 11) is 1.66. The summed E-state index contributed by atoms with van der Waals surface area (Å²) in [5.74, 6) is 0.518. The monoisotopic (exact) mass is 316 g/mol. The normalized spacial score (nSPS) is 12.4. The maximum atomic E-state index is 11.7. The summed E-state index contributed by atoms with van der Waals surface area (Å²) in [5.41, 5.74) is 1.90. The molecule has 0 aliphatic carbocycles. The molecule has 3 nitrogen and oxygen atoms in total. The van der Waals surface area contributed by atoms with Gasteiger partial charge in [0.2, 0.25) is 0 Å². The van der Waals surface area contributed by atoms with Gasteiger partial charge in [-0.1, -0.05) is 32.0 Å². The van der Waals surface area contributed by atoms with Gasteiger partial charge in [-0.3, -0.25) is 4.79 Å². The summed E-state index contributed by atoms with van der Waals surface area (Å²) in [6.45, 7) is 5.38. The van der Waals surface area contributed by atoms with Crippen molar-refractivity contribution in [1.82, 2.24) is 10.6 Å². The first kappa shape index (κ1) is 16.7. The Hall–Kier alpha value is -1.65. The van der Waals surface area contributed by atoms with Crippen LogP contribution < -0.4 is 10.6 Å². The third-order valence-corrected chi connectivity index (χ3v) is 4.67. The van der Waals surface area contributed by atoms with Crippen molar-refractivity contribution in [3.8, 4) is 0 Å². The van der Waals surface area contributed by atoms with Crippen LogP contribution in [0.25, 0.3) is 0 Å². The molecule has 4 heteroatoms. The van der Waals surface area contributed by atoms with E-state index in [1.54, 1.807) is 18.4 Å². The van der Waals surface area contributed by atoms with Gasteiger partial charge in [-0.25, -0.2) is 0 Å². The second-order valence-electron chi connectivity index (χ2n) is 5.72. The van der Waals surface area contributed by atoms with Gasteiger partial charge in [0.15, 0.2) is 0 Å². The van der Waals surface area contributed by atoms with Gasteiger partial charge in [0, 0.05) is 23.5 Å². The van der Waals surface area contributed by atoms with Gasteiger partial charge in [0.05, 0.1) is 0 Å². The van der Waals surface area contributed by atoms with E-state index in [1.165, 1.54) is 10.4 Å². The molecule has 1 aromatic carbocycles. The fraction of sp³-hybridized carbons (Fsp3) is 0.389. The molecule has 22 heavy (non-hydrogen) atoms. The fourth-order valence-corrected chi connectivity index (χ4v) is 3.49. The number of carbonyl (C=O) groups is 1. The summed E-state index contributed by atoms with van der Waals surface area (Å²) in [5, 5.41) is 8.43. The highest BCUT2D eigenvalue weighted by molar-refractivity contribution is 7.10. The van der Waals surface area contributed by atoms with Gasteiger partial charge in [-0.2, -0.15) is 0 Å². The van der Waals surface area contributed by atoms with Crippen LogP contribution in [-0.2, 0) is 6.42 Å². The van der Waals surface area contributed by atoms with Gasteiger partial charge in [0.25, 0.3) is 5.91 Å². The molecule has 0 radical (unpaired) electrons. The number of benzene rings is 1. The standard InChI is InChI=1S/C18H24N2OS/c1-13(2)17(16-8-5-11-22-16)20-10-9-14-6-4-7-15(12-14)18(21)19-3/h4-8,11-13,17,20H,9-10H2,1-3H3,(H,19,21)/t17-/m0/s1. The zero-order chi connectivity index (χ0) is 15.9. The van der Waals surface area contributed by atoms with Gasteiger partial charge in [-0.05, 0) is 48.0 Å². The molecule has 2 rings (SSSR count). The third kappa shape index (κ3) is 4.42. The van der Waals surface area contributed by atoms with Crippen molar-refractivity contribution in [3.63, 3.8) is 0 Å². The van der Waals surface area contributed by atoms with Crippen LogP contribution in [0, 0.1) is 5.92 Å². The minimum absolute atomic E-state index is 0.0338. The Morgan fingerprint density at radius 2 is 2.05 bits per heavy atom. The van der Waals surface area contributed by atoms with Gasteiger partial charge >= 0.3 is 0 Å². The second kappa shape index (κ2) is 8.11. The van der Waals surface area contributed by atoms with E-state index in [-0.39, 0.29) is 5.91 Å². The molecule has 1 heterocycles. The number of carbonyl (C=O) groups excluding carboxylic acids is 1. The van der Waals surface area contributed by atoms with Crippen molar-refractivity contribution in [2.75, 3.05) is 13.6 Å². The molecular weight excluding hydrogens is 292 g/mol. The van der Waals surface area contributed by atoms with Crippen molar-refractivity contribution in [2.45, 2.75) is 26.3 Å². The van der Waals surface area contributed by atoms with Crippen LogP contribution in [-0.4, -0.2) is 19.5 Å². The molecule has 2 aromatic rings. The maximum Gasteiger partial charge on any atom is 0.251 e. The number of hydrogen-bond acceptors (Lipinski definition) is 3. The maximum absolute atomic E-state index is 11.7. The average molecular weight is 316 g/mol. The summed E-state index contributed by atoms with van der Waals surface area (Å²) < 4.78 is 0. The average Bonchev–Trinajstić information content (AvgIpc) is 3.04. The highest BCUT2D eigenvalue weighted by Crippen LogP contribution is 2.25. The Morgan fingerprint density at radius 1 is 1.23 bits per heavy atom. The quantitative estimate of drug-likeness (QED) is 0.819. The van der Waals surface area contributed by atoms with Crippen LogP contribution in [0.4, 0.5) is 0 Å². The van der Waals surface area contributed by atoms with E-state index in [2.05, 4.69) is 48.1 Å². The Labute approximate surface area is 136 Å². The van der Waals surface area contributed by atoms with Crippen molar-refractivity contribution in [1.29, 1.82) is 0 Å². The number of nitrogens with one attached hydrogen (secondary N) is 2. The lowest BCUT2D eigenvalue weighted by molar-refractivity contribution is 0.0963. The summed E-state index contributed by atoms with van der Waals surface area (Å²) >= 11 is 1.80. The van der Waals surface area contributed by atoms with E-state index in [1.807, 2.05) is 18.2 Å². The minimum Gasteiger partial charge on any atom is -0.355 e. The second-order valence-corrected chi connectivity index (χ2v) is 6.70. The van der Waals surface area contributed by atoms with Crippen molar-refractivity contribution >= 4 is 17.2 Å². The topological polar surface area (TPSA) is 41.1 Å². The van der Waals surface area contributed by atoms with E-state index >= 15 is 0 Å². The molecule has 0 saturated heterocycles. The predicted octanol–water partition coefficient (Wildman–Crippen LogP) is 3.64. The molecule has 0 bridgehead atoms. The number of amides is 1. The molecule has 2 N–H and O–H groups in total. The Kier molecular flexibility index (Phi) is 6.16. The van der Waals surface area contributed by atoms with E-state index < -0.39 is 0 Å². The first-order valence-electron chi connectivity index (χ1n) is 7.69. The highest BCUT2D eigenvalue weighted by Gasteiger charge is 2.15. The molecule has 0 unspecified atom stereocenters. The lowest BCUT2D eigenvalue weighted by atomic mass is 10.0. The van der Waals surface area contributed by atoms with Crippen LogP contribution in [0.1, 0.15) is 40.7 Å². The molecule has 118 valence electrons. The molecule has 0 aliphatic heterocycles. The van der Waals surface area contributed by atoms with Crippen LogP contribution in [0.3, 0.4) is 0 Å². The first-order chi connectivity index (χ1) is 10.6. The molecule has 0 spiro atoms. The lowest BCUT2D eigenvalue weighted by Gasteiger charge is -2.21. The van der Waals surface area contributed by atoms with Crippen LogP contribution in [0.2, 0.25) is 0 Å². The Morgan fingerprint density at radius 3 is 2.68 bits per heavy atom. The smallest absolute Gasteiger partial charge is 0.251 e.